The number of hydrogen-bond donors (Lipinski definition) is 3. The highest BCUT2D eigenvalue weighted by Crippen LogP contribution is 2.16. The van der Waals surface area contributed by atoms with Crippen LogP contribution in [0.2, 0.25) is 0 Å². The molecule has 0 spiro atoms. The minimum Gasteiger partial charge on any atom is -0.492 e. The SMILES string of the molecule is CC(=O)Nc1cccc(OCCNC(=O)CCCN)c1.Cl. The molecule has 0 radical (unpaired) electrons. The Morgan fingerprint density at radius 3 is 2.76 bits per heavy atom. The largest absolute Gasteiger partial charge is 0.492 e. The molecule has 1 rings (SSSR count). The topological polar surface area (TPSA) is 93.5 Å². The van der Waals surface area contributed by atoms with Crippen LogP contribution in [0.1, 0.15) is 19.8 Å². The lowest BCUT2D eigenvalue weighted by Gasteiger charge is -2.09. The van der Waals surface area contributed by atoms with E-state index in [9.17, 15) is 9.59 Å². The number of halogens is 1. The smallest absolute Gasteiger partial charge is 0.221 e. The fourth-order valence-electron chi connectivity index (χ4n) is 1.58. The van der Waals surface area contributed by atoms with Gasteiger partial charge in [-0.25, -0.2) is 0 Å². The summed E-state index contributed by atoms with van der Waals surface area (Å²) >= 11 is 0. The molecule has 0 aromatic heterocycles. The second-order valence-electron chi connectivity index (χ2n) is 4.30. The van der Waals surface area contributed by atoms with Gasteiger partial charge in [0.15, 0.2) is 0 Å². The average molecular weight is 316 g/mol. The molecule has 6 nitrogen and oxygen atoms in total. The quantitative estimate of drug-likeness (QED) is 0.630. The van der Waals surface area contributed by atoms with Crippen LogP contribution in [-0.4, -0.2) is 31.5 Å². The predicted molar refractivity (Wildman–Crippen MR) is 84.8 cm³/mol. The number of nitrogens with two attached hydrogens (primary N) is 1. The van der Waals surface area contributed by atoms with Crippen LogP contribution in [0, 0.1) is 0 Å². The van der Waals surface area contributed by atoms with E-state index >= 15 is 0 Å². The number of carbonyl (C=O) groups is 2. The van der Waals surface area contributed by atoms with E-state index in [4.69, 9.17) is 10.5 Å². The molecule has 2 amide bonds. The Morgan fingerprint density at radius 2 is 2.10 bits per heavy atom. The summed E-state index contributed by atoms with van der Waals surface area (Å²) in [5.41, 5.74) is 6.00. The number of carbonyl (C=O) groups excluding carboxylic acids is 2. The highest BCUT2D eigenvalue weighted by atomic mass is 35.5. The van der Waals surface area contributed by atoms with Gasteiger partial charge in [0.1, 0.15) is 12.4 Å². The molecule has 21 heavy (non-hydrogen) atoms. The lowest BCUT2D eigenvalue weighted by Crippen LogP contribution is -2.28. The van der Waals surface area contributed by atoms with Gasteiger partial charge in [-0.3, -0.25) is 9.59 Å². The van der Waals surface area contributed by atoms with Crippen molar-refractivity contribution < 1.29 is 14.3 Å². The van der Waals surface area contributed by atoms with Crippen molar-refractivity contribution in [2.75, 3.05) is 25.0 Å². The summed E-state index contributed by atoms with van der Waals surface area (Å²) in [6, 6.07) is 7.10. The summed E-state index contributed by atoms with van der Waals surface area (Å²) in [5, 5.41) is 5.42. The van der Waals surface area contributed by atoms with E-state index in [-0.39, 0.29) is 24.2 Å². The molecular weight excluding hydrogens is 294 g/mol. The van der Waals surface area contributed by atoms with Crippen LogP contribution in [0.3, 0.4) is 0 Å². The number of nitrogens with one attached hydrogen (secondary N) is 2. The first-order valence-corrected chi connectivity index (χ1v) is 6.59. The van der Waals surface area contributed by atoms with E-state index in [1.807, 2.05) is 0 Å². The minimum absolute atomic E-state index is 0. The maximum absolute atomic E-state index is 11.3. The minimum atomic E-state index is -0.130. The molecule has 7 heteroatoms. The Kier molecular flexibility index (Phi) is 10.0. The Balaban J connectivity index is 0.00000400. The summed E-state index contributed by atoms with van der Waals surface area (Å²) in [5.74, 6) is 0.493. The molecule has 0 aliphatic heterocycles. The lowest BCUT2D eigenvalue weighted by molar-refractivity contribution is -0.121. The molecule has 118 valence electrons. The standard InChI is InChI=1S/C14H21N3O3.ClH/c1-11(18)17-12-4-2-5-13(10-12)20-9-8-16-14(19)6-3-7-15;/h2,4-5,10H,3,6-9,15H2,1H3,(H,16,19)(H,17,18);1H. The van der Waals surface area contributed by atoms with E-state index in [1.165, 1.54) is 6.92 Å². The van der Waals surface area contributed by atoms with Crippen LogP contribution in [0.4, 0.5) is 5.69 Å². The Bertz CT molecular complexity index is 455. The highest BCUT2D eigenvalue weighted by Gasteiger charge is 2.01. The van der Waals surface area contributed by atoms with Gasteiger partial charge in [-0.05, 0) is 25.1 Å². The number of hydrogen-bond acceptors (Lipinski definition) is 4. The van der Waals surface area contributed by atoms with Crippen molar-refractivity contribution in [2.45, 2.75) is 19.8 Å². The number of ether oxygens (including phenoxy) is 1. The van der Waals surface area contributed by atoms with Crippen molar-refractivity contribution in [3.63, 3.8) is 0 Å². The number of benzene rings is 1. The fraction of sp³-hybridized carbons (Fsp3) is 0.429. The Hall–Kier alpha value is -1.79. The fourth-order valence-corrected chi connectivity index (χ4v) is 1.58. The number of anilines is 1. The Morgan fingerprint density at radius 1 is 1.33 bits per heavy atom. The molecule has 4 N–H and O–H groups in total. The maximum Gasteiger partial charge on any atom is 0.221 e. The molecular formula is C14H22ClN3O3. The summed E-state index contributed by atoms with van der Waals surface area (Å²) in [4.78, 5) is 22.3. The molecule has 1 aromatic carbocycles. The monoisotopic (exact) mass is 315 g/mol. The number of amides is 2. The second kappa shape index (κ2) is 10.9. The molecule has 0 aliphatic rings. The van der Waals surface area contributed by atoms with Crippen molar-refractivity contribution in [2.24, 2.45) is 5.73 Å². The van der Waals surface area contributed by atoms with Crippen LogP contribution in [0.15, 0.2) is 24.3 Å². The van der Waals surface area contributed by atoms with Crippen LogP contribution in [0.25, 0.3) is 0 Å². The van der Waals surface area contributed by atoms with Gasteiger partial charge in [-0.15, -0.1) is 12.4 Å². The van der Waals surface area contributed by atoms with E-state index in [0.717, 1.165) is 0 Å². The third-order valence-electron chi connectivity index (χ3n) is 2.46. The van der Waals surface area contributed by atoms with Crippen molar-refractivity contribution >= 4 is 29.9 Å². The molecule has 0 atom stereocenters. The van der Waals surface area contributed by atoms with Crippen molar-refractivity contribution in [3.8, 4) is 5.75 Å². The van der Waals surface area contributed by atoms with E-state index < -0.39 is 0 Å². The molecule has 0 unspecified atom stereocenters. The summed E-state index contributed by atoms with van der Waals surface area (Å²) in [6.45, 7) is 2.77. The highest BCUT2D eigenvalue weighted by molar-refractivity contribution is 5.88. The number of rotatable bonds is 8. The molecule has 0 fully saturated rings. The van der Waals surface area contributed by atoms with Gasteiger partial charge in [-0.2, -0.15) is 0 Å². The molecule has 0 heterocycles. The van der Waals surface area contributed by atoms with Crippen LogP contribution < -0.4 is 21.1 Å². The molecule has 0 saturated carbocycles. The van der Waals surface area contributed by atoms with Crippen LogP contribution >= 0.6 is 12.4 Å². The first kappa shape index (κ1) is 19.2. The third kappa shape index (κ3) is 8.88. The van der Waals surface area contributed by atoms with Crippen molar-refractivity contribution in [3.05, 3.63) is 24.3 Å². The second-order valence-corrected chi connectivity index (χ2v) is 4.30. The van der Waals surface area contributed by atoms with Gasteiger partial charge < -0.3 is 21.1 Å². The zero-order valence-corrected chi connectivity index (χ0v) is 12.9. The van der Waals surface area contributed by atoms with Gasteiger partial charge in [0, 0.05) is 25.1 Å². The molecule has 0 saturated heterocycles. The van der Waals surface area contributed by atoms with Gasteiger partial charge >= 0.3 is 0 Å². The van der Waals surface area contributed by atoms with Gasteiger partial charge in [0.05, 0.1) is 6.54 Å². The van der Waals surface area contributed by atoms with E-state index in [2.05, 4.69) is 10.6 Å². The van der Waals surface area contributed by atoms with E-state index in [1.54, 1.807) is 24.3 Å². The van der Waals surface area contributed by atoms with Crippen molar-refractivity contribution in [1.82, 2.24) is 5.32 Å². The summed E-state index contributed by atoms with van der Waals surface area (Å²) in [7, 11) is 0. The molecule has 1 aromatic rings. The van der Waals surface area contributed by atoms with E-state index in [0.29, 0.717) is 44.0 Å². The van der Waals surface area contributed by atoms with Gasteiger partial charge in [0.2, 0.25) is 11.8 Å². The maximum atomic E-state index is 11.3. The summed E-state index contributed by atoms with van der Waals surface area (Å²) in [6.07, 6.45) is 1.12. The zero-order chi connectivity index (χ0) is 14.8. The third-order valence-corrected chi connectivity index (χ3v) is 2.46. The van der Waals surface area contributed by atoms with Gasteiger partial charge in [-0.1, -0.05) is 6.07 Å². The van der Waals surface area contributed by atoms with Crippen molar-refractivity contribution in [1.29, 1.82) is 0 Å². The zero-order valence-electron chi connectivity index (χ0n) is 12.1. The first-order valence-electron chi connectivity index (χ1n) is 6.59. The normalized spacial score (nSPS) is 9.43. The Labute approximate surface area is 130 Å². The predicted octanol–water partition coefficient (Wildman–Crippen LogP) is 1.30. The molecule has 0 aliphatic carbocycles. The van der Waals surface area contributed by atoms with Gasteiger partial charge in [0.25, 0.3) is 0 Å². The average Bonchev–Trinajstić information content (AvgIpc) is 2.41. The van der Waals surface area contributed by atoms with Crippen LogP contribution in [0.5, 0.6) is 5.75 Å². The first-order chi connectivity index (χ1) is 9.61. The van der Waals surface area contributed by atoms with Crippen LogP contribution in [-0.2, 0) is 9.59 Å². The summed E-state index contributed by atoms with van der Waals surface area (Å²) < 4.78 is 5.49. The lowest BCUT2D eigenvalue weighted by atomic mass is 10.3. The molecule has 0 bridgehead atoms.